The molecule has 0 aromatic rings. The van der Waals surface area contributed by atoms with E-state index in [2.05, 4.69) is 25.2 Å². The molecule has 1 saturated heterocycles. The molecule has 1 saturated carbocycles. The first-order chi connectivity index (χ1) is 10.9. The molecule has 2 fully saturated rings. The fourth-order valence-corrected chi connectivity index (χ4v) is 4.91. The van der Waals surface area contributed by atoms with Gasteiger partial charge in [-0.1, -0.05) is 23.8 Å². The molecule has 1 aliphatic heterocycles. The predicted octanol–water partition coefficient (Wildman–Crippen LogP) is 2.52. The van der Waals surface area contributed by atoms with Gasteiger partial charge in [-0.2, -0.15) is 0 Å². The Hall–Kier alpha value is -1.33. The Kier molecular flexibility index (Phi) is 4.27. The molecule has 3 aliphatic rings. The number of nitrogens with two attached hydrogens (primary N) is 2. The maximum absolute atomic E-state index is 12.1. The highest BCUT2D eigenvalue weighted by atomic mass is 16.5. The van der Waals surface area contributed by atoms with Crippen LogP contribution in [0.15, 0.2) is 23.8 Å². The van der Waals surface area contributed by atoms with Gasteiger partial charge in [0.25, 0.3) is 0 Å². The Bertz CT molecular complexity index is 544. The van der Waals surface area contributed by atoms with E-state index in [1.165, 1.54) is 12.7 Å². The summed E-state index contributed by atoms with van der Waals surface area (Å²) in [5.74, 6) is 0.872. The van der Waals surface area contributed by atoms with Crippen LogP contribution in [0, 0.1) is 11.8 Å². The molecule has 4 N–H and O–H groups in total. The lowest BCUT2D eigenvalue weighted by Gasteiger charge is -2.52. The average molecular weight is 319 g/mol. The number of carbonyl (C=O) groups excluding carboxylic acids is 1. The number of rotatable bonds is 2. The number of carbonyl (C=O) groups is 1. The van der Waals surface area contributed by atoms with Crippen LogP contribution in [0.2, 0.25) is 0 Å². The zero-order valence-electron chi connectivity index (χ0n) is 14.3. The van der Waals surface area contributed by atoms with Crippen molar-refractivity contribution in [3.8, 4) is 0 Å². The summed E-state index contributed by atoms with van der Waals surface area (Å²) in [5, 5.41) is 0. The van der Waals surface area contributed by atoms with E-state index >= 15 is 0 Å². The van der Waals surface area contributed by atoms with E-state index in [-0.39, 0.29) is 6.09 Å². The van der Waals surface area contributed by atoms with Crippen LogP contribution in [0.5, 0.6) is 0 Å². The van der Waals surface area contributed by atoms with Crippen LogP contribution in [0.25, 0.3) is 0 Å². The molecule has 0 aromatic carbocycles. The van der Waals surface area contributed by atoms with E-state index in [1.54, 1.807) is 4.90 Å². The van der Waals surface area contributed by atoms with Crippen molar-refractivity contribution < 1.29 is 9.53 Å². The fourth-order valence-electron chi connectivity index (χ4n) is 4.91. The summed E-state index contributed by atoms with van der Waals surface area (Å²) in [4.78, 5) is 13.8. The Morgan fingerprint density at radius 2 is 2.22 bits per heavy atom. The number of ether oxygens (including phenoxy) is 1. The molecule has 5 nitrogen and oxygen atoms in total. The van der Waals surface area contributed by atoms with Crippen molar-refractivity contribution in [3.63, 3.8) is 0 Å². The SMILES string of the molecule is COC(=O)N1CCC2(N)C(CC3C=CC=C(C)C3)CCC[C@@]12N. The molecular formula is C18H29N3O2. The third-order valence-electron chi connectivity index (χ3n) is 6.21. The molecule has 4 atom stereocenters. The molecule has 1 amide bonds. The van der Waals surface area contributed by atoms with Crippen molar-refractivity contribution in [2.45, 2.75) is 56.7 Å². The molecule has 0 radical (unpaired) electrons. The summed E-state index contributed by atoms with van der Waals surface area (Å²) in [6.45, 7) is 2.77. The van der Waals surface area contributed by atoms with E-state index < -0.39 is 11.2 Å². The smallest absolute Gasteiger partial charge is 0.411 e. The Morgan fingerprint density at radius 3 is 2.91 bits per heavy atom. The highest BCUT2D eigenvalue weighted by Crippen LogP contribution is 2.49. The first-order valence-electron chi connectivity index (χ1n) is 8.68. The van der Waals surface area contributed by atoms with Gasteiger partial charge in [-0.25, -0.2) is 4.79 Å². The molecule has 2 aliphatic carbocycles. The molecule has 128 valence electrons. The predicted molar refractivity (Wildman–Crippen MR) is 90.5 cm³/mol. The summed E-state index contributed by atoms with van der Waals surface area (Å²) in [5.41, 5.74) is 13.7. The third kappa shape index (κ3) is 2.60. The summed E-state index contributed by atoms with van der Waals surface area (Å²) in [7, 11) is 1.41. The molecule has 3 rings (SSSR count). The maximum atomic E-state index is 12.1. The van der Waals surface area contributed by atoms with Crippen molar-refractivity contribution in [2.75, 3.05) is 13.7 Å². The number of methoxy groups -OCH3 is 1. The molecule has 3 unspecified atom stereocenters. The second kappa shape index (κ2) is 5.95. The lowest BCUT2D eigenvalue weighted by atomic mass is 9.63. The van der Waals surface area contributed by atoms with Gasteiger partial charge < -0.3 is 16.2 Å². The molecule has 0 aromatic heterocycles. The zero-order valence-corrected chi connectivity index (χ0v) is 14.3. The van der Waals surface area contributed by atoms with Gasteiger partial charge in [-0.15, -0.1) is 0 Å². The fraction of sp³-hybridized carbons (Fsp3) is 0.722. The number of fused-ring (bicyclic) bond motifs is 1. The van der Waals surface area contributed by atoms with Crippen LogP contribution in [-0.4, -0.2) is 35.8 Å². The van der Waals surface area contributed by atoms with Crippen LogP contribution in [0.4, 0.5) is 4.79 Å². The van der Waals surface area contributed by atoms with Crippen LogP contribution < -0.4 is 11.5 Å². The minimum absolute atomic E-state index is 0.344. The topological polar surface area (TPSA) is 81.6 Å². The van der Waals surface area contributed by atoms with Gasteiger partial charge in [-0.3, -0.25) is 4.90 Å². The Balaban J connectivity index is 1.80. The van der Waals surface area contributed by atoms with Crippen molar-refractivity contribution in [2.24, 2.45) is 23.3 Å². The van der Waals surface area contributed by atoms with Gasteiger partial charge in [0.2, 0.25) is 0 Å². The number of hydrogen-bond acceptors (Lipinski definition) is 4. The van der Waals surface area contributed by atoms with Gasteiger partial charge in [0.1, 0.15) is 5.66 Å². The van der Waals surface area contributed by atoms with Crippen molar-refractivity contribution in [3.05, 3.63) is 23.8 Å². The Morgan fingerprint density at radius 1 is 1.43 bits per heavy atom. The third-order valence-corrected chi connectivity index (χ3v) is 6.21. The summed E-state index contributed by atoms with van der Waals surface area (Å²) in [6, 6.07) is 0. The summed E-state index contributed by atoms with van der Waals surface area (Å²) in [6.07, 6.45) is 12.0. The van der Waals surface area contributed by atoms with Crippen LogP contribution in [0.1, 0.15) is 45.4 Å². The largest absolute Gasteiger partial charge is 0.453 e. The van der Waals surface area contributed by atoms with Crippen molar-refractivity contribution >= 4 is 6.09 Å². The van der Waals surface area contributed by atoms with Gasteiger partial charge >= 0.3 is 6.09 Å². The number of likely N-dealkylation sites (tertiary alicyclic amines) is 1. The molecule has 0 bridgehead atoms. The quantitative estimate of drug-likeness (QED) is 0.819. The second-order valence-corrected chi connectivity index (χ2v) is 7.52. The van der Waals surface area contributed by atoms with Gasteiger partial charge in [0.15, 0.2) is 0 Å². The van der Waals surface area contributed by atoms with Crippen LogP contribution in [0.3, 0.4) is 0 Å². The molecule has 5 heteroatoms. The minimum atomic E-state index is -0.772. The molecule has 1 heterocycles. The maximum Gasteiger partial charge on any atom is 0.411 e. The standard InChI is InChI=1S/C18H29N3O2/c1-13-5-3-6-14(11-13)12-15-7-4-8-18(20)17(15,19)9-10-21(18)16(22)23-2/h3,5-6,14-15H,4,7-12,19-20H2,1-2H3/t14?,15?,17?,18-/m1/s1. The summed E-state index contributed by atoms with van der Waals surface area (Å²) >= 11 is 0. The van der Waals surface area contributed by atoms with Crippen LogP contribution in [-0.2, 0) is 4.74 Å². The molecule has 0 spiro atoms. The van der Waals surface area contributed by atoms with Gasteiger partial charge in [0, 0.05) is 6.54 Å². The molecular weight excluding hydrogens is 290 g/mol. The van der Waals surface area contributed by atoms with E-state index in [4.69, 9.17) is 16.2 Å². The van der Waals surface area contributed by atoms with E-state index in [1.807, 2.05) is 0 Å². The number of allylic oxidation sites excluding steroid dienone is 4. The monoisotopic (exact) mass is 319 g/mol. The van der Waals surface area contributed by atoms with Crippen molar-refractivity contribution in [1.29, 1.82) is 0 Å². The van der Waals surface area contributed by atoms with Gasteiger partial charge in [-0.05, 0) is 57.3 Å². The zero-order chi connectivity index (χ0) is 16.7. The molecule has 23 heavy (non-hydrogen) atoms. The first kappa shape index (κ1) is 16.5. The lowest BCUT2D eigenvalue weighted by molar-refractivity contribution is 0.00917. The number of amides is 1. The number of nitrogens with zero attached hydrogens (tertiary/aromatic N) is 1. The van der Waals surface area contributed by atoms with Crippen LogP contribution >= 0.6 is 0 Å². The Labute approximate surface area is 138 Å². The average Bonchev–Trinajstić information content (AvgIpc) is 2.80. The van der Waals surface area contributed by atoms with Gasteiger partial charge in [0.05, 0.1) is 12.6 Å². The normalized spacial score (nSPS) is 39.8. The number of hydrogen-bond donors (Lipinski definition) is 2. The van der Waals surface area contributed by atoms with Crippen molar-refractivity contribution in [1.82, 2.24) is 4.90 Å². The summed E-state index contributed by atoms with van der Waals surface area (Å²) < 4.78 is 4.93. The second-order valence-electron chi connectivity index (χ2n) is 7.52. The van der Waals surface area contributed by atoms with E-state index in [9.17, 15) is 4.79 Å². The van der Waals surface area contributed by atoms with E-state index in [0.29, 0.717) is 18.4 Å². The lowest BCUT2D eigenvalue weighted by Crippen LogP contribution is -2.73. The minimum Gasteiger partial charge on any atom is -0.453 e. The first-order valence-corrected chi connectivity index (χ1v) is 8.68. The highest BCUT2D eigenvalue weighted by Gasteiger charge is 2.61. The van der Waals surface area contributed by atoms with E-state index in [0.717, 1.165) is 38.5 Å². The highest BCUT2D eigenvalue weighted by molar-refractivity contribution is 5.69.